The van der Waals surface area contributed by atoms with E-state index in [4.69, 9.17) is 6.42 Å². The quantitative estimate of drug-likeness (QED) is 0.732. The van der Waals surface area contributed by atoms with Gasteiger partial charge in [0, 0.05) is 18.8 Å². The van der Waals surface area contributed by atoms with Crippen LogP contribution >= 0.6 is 0 Å². The molecule has 0 saturated carbocycles. The molecule has 0 amide bonds. The molecular weight excluding hydrogens is 174 g/mol. The first-order valence-electron chi connectivity index (χ1n) is 4.85. The van der Waals surface area contributed by atoms with Crippen LogP contribution in [-0.4, -0.2) is 15.6 Å². The van der Waals surface area contributed by atoms with Crippen LogP contribution in [-0.2, 0) is 6.54 Å². The number of nitrogens with one attached hydrogen (secondary N) is 1. The molecule has 14 heavy (non-hydrogen) atoms. The third-order valence-electron chi connectivity index (χ3n) is 2.14. The number of aromatic nitrogens is 2. The topological polar surface area (TPSA) is 29.9 Å². The van der Waals surface area contributed by atoms with Crippen molar-refractivity contribution < 1.29 is 0 Å². The molecule has 3 heteroatoms. The van der Waals surface area contributed by atoms with Gasteiger partial charge in [0.05, 0.1) is 18.1 Å². The largest absolute Gasteiger partial charge is 0.331 e. The molecule has 0 bridgehead atoms. The van der Waals surface area contributed by atoms with Crippen molar-refractivity contribution in [1.29, 1.82) is 0 Å². The van der Waals surface area contributed by atoms with Crippen molar-refractivity contribution in [3.63, 3.8) is 0 Å². The summed E-state index contributed by atoms with van der Waals surface area (Å²) in [6.45, 7) is 7.01. The Bertz CT molecular complexity index is 320. The number of hydrogen-bond acceptors (Lipinski definition) is 2. The van der Waals surface area contributed by atoms with Crippen molar-refractivity contribution in [1.82, 2.24) is 14.9 Å². The van der Waals surface area contributed by atoms with Crippen molar-refractivity contribution in [3.8, 4) is 12.3 Å². The summed E-state index contributed by atoms with van der Waals surface area (Å²) in [6.07, 6.45) is 9.00. The fourth-order valence-corrected chi connectivity index (χ4v) is 1.25. The zero-order valence-corrected chi connectivity index (χ0v) is 8.99. The van der Waals surface area contributed by atoms with E-state index < -0.39 is 0 Å². The molecule has 3 nitrogen and oxygen atoms in total. The zero-order chi connectivity index (χ0) is 10.6. The summed E-state index contributed by atoms with van der Waals surface area (Å²) in [5, 5.41) is 3.23. The van der Waals surface area contributed by atoms with E-state index in [1.807, 2.05) is 19.4 Å². The Morgan fingerprint density at radius 2 is 2.29 bits per heavy atom. The van der Waals surface area contributed by atoms with E-state index >= 15 is 0 Å². The molecule has 1 aromatic rings. The summed E-state index contributed by atoms with van der Waals surface area (Å²) in [6, 6.07) is 0.543. The minimum atomic E-state index is 0.102. The maximum Gasteiger partial charge on any atom is 0.0951 e. The molecule has 1 N–H and O–H groups in total. The van der Waals surface area contributed by atoms with Gasteiger partial charge in [-0.3, -0.25) is 5.32 Å². The van der Waals surface area contributed by atoms with Gasteiger partial charge in [-0.1, -0.05) is 5.92 Å². The first-order chi connectivity index (χ1) is 6.65. The minimum Gasteiger partial charge on any atom is -0.331 e. The van der Waals surface area contributed by atoms with Gasteiger partial charge in [0.25, 0.3) is 0 Å². The lowest BCUT2D eigenvalue weighted by atomic mass is 10.3. The lowest BCUT2D eigenvalue weighted by Gasteiger charge is -2.13. The average Bonchev–Trinajstić information content (AvgIpc) is 2.62. The third-order valence-corrected chi connectivity index (χ3v) is 2.14. The van der Waals surface area contributed by atoms with Crippen LogP contribution in [0.3, 0.4) is 0 Å². The molecule has 0 aliphatic carbocycles. The molecular formula is C11H17N3. The second-order valence-corrected chi connectivity index (χ2v) is 3.66. The predicted molar refractivity (Wildman–Crippen MR) is 57.7 cm³/mol. The number of terminal acetylenes is 1. The Hall–Kier alpha value is -1.27. The average molecular weight is 191 g/mol. The maximum atomic E-state index is 5.27. The monoisotopic (exact) mass is 191 g/mol. The lowest BCUT2D eigenvalue weighted by Crippen LogP contribution is -2.25. The van der Waals surface area contributed by atoms with E-state index in [9.17, 15) is 0 Å². The SMILES string of the molecule is C#CC(C)NCc1cncn1C(C)C. The first-order valence-corrected chi connectivity index (χ1v) is 4.85. The van der Waals surface area contributed by atoms with E-state index in [0.717, 1.165) is 6.54 Å². The summed E-state index contributed by atoms with van der Waals surface area (Å²) >= 11 is 0. The molecule has 0 saturated heterocycles. The van der Waals surface area contributed by atoms with Crippen LogP contribution in [0.25, 0.3) is 0 Å². The molecule has 0 spiro atoms. The van der Waals surface area contributed by atoms with E-state index in [1.54, 1.807) is 0 Å². The van der Waals surface area contributed by atoms with Gasteiger partial charge >= 0.3 is 0 Å². The Labute approximate surface area is 85.5 Å². The molecule has 0 aliphatic rings. The van der Waals surface area contributed by atoms with Gasteiger partial charge in [-0.2, -0.15) is 0 Å². The predicted octanol–water partition coefficient (Wildman–Crippen LogP) is 1.58. The van der Waals surface area contributed by atoms with Crippen molar-refractivity contribution in [3.05, 3.63) is 18.2 Å². The molecule has 0 radical (unpaired) electrons. The second kappa shape index (κ2) is 4.83. The van der Waals surface area contributed by atoms with Crippen LogP contribution in [0.15, 0.2) is 12.5 Å². The summed E-state index contributed by atoms with van der Waals surface area (Å²) < 4.78 is 2.14. The molecule has 1 rings (SSSR count). The molecule has 0 aliphatic heterocycles. The van der Waals surface area contributed by atoms with Gasteiger partial charge in [0.2, 0.25) is 0 Å². The van der Waals surface area contributed by atoms with E-state index in [-0.39, 0.29) is 6.04 Å². The highest BCUT2D eigenvalue weighted by molar-refractivity contribution is 5.02. The van der Waals surface area contributed by atoms with Gasteiger partial charge in [-0.25, -0.2) is 4.98 Å². The second-order valence-electron chi connectivity index (χ2n) is 3.66. The molecule has 1 heterocycles. The molecule has 1 atom stereocenters. The van der Waals surface area contributed by atoms with Gasteiger partial charge in [-0.15, -0.1) is 6.42 Å². The van der Waals surface area contributed by atoms with Gasteiger partial charge < -0.3 is 4.57 Å². The Kier molecular flexibility index (Phi) is 3.73. The van der Waals surface area contributed by atoms with E-state index in [2.05, 4.69) is 34.6 Å². The van der Waals surface area contributed by atoms with Crippen LogP contribution in [0.5, 0.6) is 0 Å². The molecule has 0 fully saturated rings. The highest BCUT2D eigenvalue weighted by Gasteiger charge is 2.05. The Morgan fingerprint density at radius 1 is 1.57 bits per heavy atom. The van der Waals surface area contributed by atoms with Crippen LogP contribution in [0, 0.1) is 12.3 Å². The number of nitrogens with zero attached hydrogens (tertiary/aromatic N) is 2. The van der Waals surface area contributed by atoms with Gasteiger partial charge in [0.1, 0.15) is 0 Å². The smallest absolute Gasteiger partial charge is 0.0951 e. The number of imidazole rings is 1. The van der Waals surface area contributed by atoms with Crippen LogP contribution in [0.1, 0.15) is 32.5 Å². The van der Waals surface area contributed by atoms with E-state index in [0.29, 0.717) is 6.04 Å². The van der Waals surface area contributed by atoms with Crippen molar-refractivity contribution in [2.45, 2.75) is 39.4 Å². The fourth-order valence-electron chi connectivity index (χ4n) is 1.25. The number of hydrogen-bond donors (Lipinski definition) is 1. The fraction of sp³-hybridized carbons (Fsp3) is 0.545. The van der Waals surface area contributed by atoms with E-state index in [1.165, 1.54) is 5.69 Å². The van der Waals surface area contributed by atoms with Crippen molar-refractivity contribution >= 4 is 0 Å². The Balaban J connectivity index is 2.59. The van der Waals surface area contributed by atoms with Crippen molar-refractivity contribution in [2.75, 3.05) is 0 Å². The summed E-state index contributed by atoms with van der Waals surface area (Å²) in [4.78, 5) is 4.12. The molecule has 1 unspecified atom stereocenters. The van der Waals surface area contributed by atoms with Gasteiger partial charge in [-0.05, 0) is 20.8 Å². The van der Waals surface area contributed by atoms with Crippen LogP contribution in [0.2, 0.25) is 0 Å². The highest BCUT2D eigenvalue weighted by atomic mass is 15.1. The minimum absolute atomic E-state index is 0.102. The molecule has 1 aromatic heterocycles. The van der Waals surface area contributed by atoms with Gasteiger partial charge in [0.15, 0.2) is 0 Å². The highest BCUT2D eigenvalue weighted by Crippen LogP contribution is 2.08. The summed E-state index contributed by atoms with van der Waals surface area (Å²) in [5.41, 5.74) is 1.17. The van der Waals surface area contributed by atoms with Crippen LogP contribution in [0.4, 0.5) is 0 Å². The Morgan fingerprint density at radius 3 is 2.86 bits per heavy atom. The number of rotatable bonds is 4. The molecule has 0 aromatic carbocycles. The third kappa shape index (κ3) is 2.61. The zero-order valence-electron chi connectivity index (χ0n) is 8.99. The van der Waals surface area contributed by atoms with Crippen LogP contribution < -0.4 is 5.32 Å². The molecule has 76 valence electrons. The normalized spacial score (nSPS) is 12.8. The first kappa shape index (κ1) is 10.8. The van der Waals surface area contributed by atoms with Crippen molar-refractivity contribution in [2.24, 2.45) is 0 Å². The standard InChI is InChI=1S/C11H17N3/c1-5-10(4)13-7-11-6-12-8-14(11)9(2)3/h1,6,8-10,13H,7H2,2-4H3. The lowest BCUT2D eigenvalue weighted by molar-refractivity contribution is 0.542. The summed E-state index contributed by atoms with van der Waals surface area (Å²) in [7, 11) is 0. The summed E-state index contributed by atoms with van der Waals surface area (Å²) in [5.74, 6) is 2.64. The maximum absolute atomic E-state index is 5.27.